The van der Waals surface area contributed by atoms with Gasteiger partial charge in [0.2, 0.25) is 0 Å². The SMILES string of the molecule is C[C@@H]1O[C@@H](O[C@@H]2[C@@H](O)[C@H](O[C@H]3[C@H](O)[C@@H](O)[C@@H](O)O[C@@H]3CO)O[C@H](CO)[C@H]2O)[C@H](O)[C@H](O)[C@H]1O. The maximum absolute atomic E-state index is 10.7. The molecule has 15 atom stereocenters. The second kappa shape index (κ2) is 11.0. The third-order valence-corrected chi connectivity index (χ3v) is 6.05. The summed E-state index contributed by atoms with van der Waals surface area (Å²) in [7, 11) is 0. The molecule has 194 valence electrons. The lowest BCUT2D eigenvalue weighted by atomic mass is 9.96. The lowest BCUT2D eigenvalue weighted by molar-refractivity contribution is -0.377. The molecule has 0 aliphatic carbocycles. The van der Waals surface area contributed by atoms with Crippen LogP contribution in [0.25, 0.3) is 0 Å². The predicted octanol–water partition coefficient (Wildman–Crippen LogP) is -6.55. The second-order valence-corrected chi connectivity index (χ2v) is 8.32. The van der Waals surface area contributed by atoms with Gasteiger partial charge in [-0.05, 0) is 6.92 Å². The smallest absolute Gasteiger partial charge is 0.187 e. The van der Waals surface area contributed by atoms with Crippen molar-refractivity contribution in [3.05, 3.63) is 0 Å². The van der Waals surface area contributed by atoms with Crippen molar-refractivity contribution in [1.29, 1.82) is 0 Å². The van der Waals surface area contributed by atoms with E-state index in [9.17, 15) is 51.1 Å². The van der Waals surface area contributed by atoms with E-state index in [1.54, 1.807) is 0 Å². The van der Waals surface area contributed by atoms with Gasteiger partial charge in [-0.3, -0.25) is 0 Å². The Morgan fingerprint density at radius 3 is 1.73 bits per heavy atom. The average molecular weight is 488 g/mol. The van der Waals surface area contributed by atoms with Crippen molar-refractivity contribution >= 4 is 0 Å². The first kappa shape index (κ1) is 27.0. The molecule has 0 saturated carbocycles. The Bertz CT molecular complexity index is 624. The minimum Gasteiger partial charge on any atom is -0.394 e. The van der Waals surface area contributed by atoms with Crippen LogP contribution in [0.5, 0.6) is 0 Å². The van der Waals surface area contributed by atoms with E-state index in [0.29, 0.717) is 0 Å². The van der Waals surface area contributed by atoms with Crippen LogP contribution in [-0.2, 0) is 23.7 Å². The monoisotopic (exact) mass is 488 g/mol. The summed E-state index contributed by atoms with van der Waals surface area (Å²) < 4.78 is 26.6. The third-order valence-electron chi connectivity index (χ3n) is 6.05. The predicted molar refractivity (Wildman–Crippen MR) is 99.8 cm³/mol. The van der Waals surface area contributed by atoms with Gasteiger partial charge in [-0.25, -0.2) is 0 Å². The van der Waals surface area contributed by atoms with E-state index in [1.165, 1.54) is 6.92 Å². The van der Waals surface area contributed by atoms with Gasteiger partial charge in [0.15, 0.2) is 18.9 Å². The Labute approximate surface area is 187 Å². The van der Waals surface area contributed by atoms with Crippen LogP contribution in [-0.4, -0.2) is 156 Å². The van der Waals surface area contributed by atoms with E-state index in [4.69, 9.17) is 23.7 Å². The molecule has 3 aliphatic rings. The van der Waals surface area contributed by atoms with E-state index in [2.05, 4.69) is 0 Å². The molecule has 0 amide bonds. The molecule has 3 aliphatic heterocycles. The molecule has 3 heterocycles. The fourth-order valence-electron chi connectivity index (χ4n) is 4.00. The third kappa shape index (κ3) is 5.32. The minimum absolute atomic E-state index is 0.749. The van der Waals surface area contributed by atoms with E-state index in [0.717, 1.165) is 0 Å². The molecular formula is C18H32O15. The van der Waals surface area contributed by atoms with Gasteiger partial charge >= 0.3 is 0 Å². The number of ether oxygens (including phenoxy) is 5. The largest absolute Gasteiger partial charge is 0.394 e. The van der Waals surface area contributed by atoms with Gasteiger partial charge in [0, 0.05) is 0 Å². The highest BCUT2D eigenvalue weighted by Crippen LogP contribution is 2.32. The molecule has 33 heavy (non-hydrogen) atoms. The van der Waals surface area contributed by atoms with Gasteiger partial charge < -0.3 is 74.7 Å². The molecule has 3 rings (SSSR count). The van der Waals surface area contributed by atoms with E-state index < -0.39 is 105 Å². The number of aliphatic hydroxyl groups excluding tert-OH is 10. The summed E-state index contributed by atoms with van der Waals surface area (Å²) >= 11 is 0. The highest BCUT2D eigenvalue weighted by molar-refractivity contribution is 4.96. The van der Waals surface area contributed by atoms with Crippen LogP contribution >= 0.6 is 0 Å². The van der Waals surface area contributed by atoms with Crippen LogP contribution in [0.2, 0.25) is 0 Å². The van der Waals surface area contributed by atoms with Gasteiger partial charge in [0.1, 0.15) is 67.1 Å². The van der Waals surface area contributed by atoms with Crippen molar-refractivity contribution < 1.29 is 74.7 Å². The molecule has 15 nitrogen and oxygen atoms in total. The van der Waals surface area contributed by atoms with Crippen LogP contribution in [0.3, 0.4) is 0 Å². The Kier molecular flexibility index (Phi) is 8.99. The van der Waals surface area contributed by atoms with Gasteiger partial charge in [0.25, 0.3) is 0 Å². The quantitative estimate of drug-likeness (QED) is 0.167. The normalized spacial score (nSPS) is 53.7. The lowest BCUT2D eigenvalue weighted by Gasteiger charge is -2.47. The van der Waals surface area contributed by atoms with Crippen molar-refractivity contribution in [3.8, 4) is 0 Å². The molecule has 15 heteroatoms. The van der Waals surface area contributed by atoms with Crippen LogP contribution in [0, 0.1) is 0 Å². The van der Waals surface area contributed by atoms with Crippen molar-refractivity contribution in [1.82, 2.24) is 0 Å². The number of hydrogen-bond donors (Lipinski definition) is 10. The first-order valence-corrected chi connectivity index (χ1v) is 10.4. The maximum Gasteiger partial charge on any atom is 0.187 e. The Hall–Kier alpha value is -0.600. The number of rotatable bonds is 6. The summed E-state index contributed by atoms with van der Waals surface area (Å²) in [5, 5.41) is 99.9. The number of hydrogen-bond acceptors (Lipinski definition) is 15. The van der Waals surface area contributed by atoms with Crippen LogP contribution < -0.4 is 0 Å². The molecule has 0 spiro atoms. The second-order valence-electron chi connectivity index (χ2n) is 8.32. The lowest BCUT2D eigenvalue weighted by Crippen LogP contribution is -2.66. The maximum atomic E-state index is 10.7. The molecule has 10 N–H and O–H groups in total. The summed E-state index contributed by atoms with van der Waals surface area (Å²) in [5.41, 5.74) is 0. The molecule has 3 saturated heterocycles. The van der Waals surface area contributed by atoms with Gasteiger partial charge in [-0.2, -0.15) is 0 Å². The minimum atomic E-state index is -1.84. The van der Waals surface area contributed by atoms with Crippen molar-refractivity contribution in [3.63, 3.8) is 0 Å². The van der Waals surface area contributed by atoms with E-state index in [1.807, 2.05) is 0 Å². The molecule has 0 aromatic heterocycles. The molecule has 0 aromatic rings. The summed E-state index contributed by atoms with van der Waals surface area (Å²) in [6.45, 7) is -0.122. The van der Waals surface area contributed by atoms with Gasteiger partial charge in [0.05, 0.1) is 19.3 Å². The summed E-state index contributed by atoms with van der Waals surface area (Å²) in [6.07, 6.45) is -23.9. The highest BCUT2D eigenvalue weighted by Gasteiger charge is 2.53. The zero-order valence-corrected chi connectivity index (χ0v) is 17.6. The standard InChI is InChI=1S/C18H32O15/c1-4-7(21)9(23)12(26)17(29-4)33-15-8(22)5(2-19)31-18(13(15)27)32-14-6(3-20)30-16(28)11(25)10(14)24/h4-28H,2-3H2,1H3/t4-,5+,6+,7-,8+,9+,10+,11+,12+,13+,14+,15-,16-,17-,18-/m0/s1. The van der Waals surface area contributed by atoms with E-state index in [-0.39, 0.29) is 0 Å². The fourth-order valence-corrected chi connectivity index (χ4v) is 4.00. The zero-order chi connectivity index (χ0) is 24.6. The molecule has 0 unspecified atom stereocenters. The Morgan fingerprint density at radius 1 is 0.545 bits per heavy atom. The zero-order valence-electron chi connectivity index (χ0n) is 17.6. The van der Waals surface area contributed by atoms with Gasteiger partial charge in [-0.15, -0.1) is 0 Å². The summed E-state index contributed by atoms with van der Waals surface area (Å²) in [4.78, 5) is 0. The average Bonchev–Trinajstić information content (AvgIpc) is 2.79. The molecule has 0 bridgehead atoms. The number of aliphatic hydroxyl groups is 10. The molecular weight excluding hydrogens is 456 g/mol. The van der Waals surface area contributed by atoms with E-state index >= 15 is 0 Å². The molecule has 0 aromatic carbocycles. The Balaban J connectivity index is 1.77. The summed E-state index contributed by atoms with van der Waals surface area (Å²) in [6, 6.07) is 0. The van der Waals surface area contributed by atoms with Crippen molar-refractivity contribution in [2.75, 3.05) is 13.2 Å². The highest BCUT2D eigenvalue weighted by atomic mass is 16.7. The summed E-state index contributed by atoms with van der Waals surface area (Å²) in [5.74, 6) is 0. The first-order valence-electron chi connectivity index (χ1n) is 10.4. The van der Waals surface area contributed by atoms with Crippen LogP contribution in [0.15, 0.2) is 0 Å². The Morgan fingerprint density at radius 2 is 1.12 bits per heavy atom. The van der Waals surface area contributed by atoms with Gasteiger partial charge in [-0.1, -0.05) is 0 Å². The first-order chi connectivity index (χ1) is 15.5. The topological polar surface area (TPSA) is 248 Å². The van der Waals surface area contributed by atoms with Crippen LogP contribution in [0.4, 0.5) is 0 Å². The fraction of sp³-hybridized carbons (Fsp3) is 1.00. The molecule has 0 radical (unpaired) electrons. The van der Waals surface area contributed by atoms with Crippen LogP contribution in [0.1, 0.15) is 6.92 Å². The van der Waals surface area contributed by atoms with Crippen molar-refractivity contribution in [2.24, 2.45) is 0 Å². The molecule has 3 fully saturated rings. The van der Waals surface area contributed by atoms with Crippen molar-refractivity contribution in [2.45, 2.75) is 99.0 Å².